The van der Waals surface area contributed by atoms with Crippen LogP contribution in [0.15, 0.2) is 4.99 Å². The summed E-state index contributed by atoms with van der Waals surface area (Å²) in [6, 6.07) is 0.386. The van der Waals surface area contributed by atoms with Gasteiger partial charge in [0.1, 0.15) is 0 Å². The summed E-state index contributed by atoms with van der Waals surface area (Å²) in [5.74, 6) is 0.902. The Balaban J connectivity index is 0.00000484. The molecule has 7 heteroatoms. The number of guanidine groups is 1. The smallest absolute Gasteiger partial charge is 0.221 e. The van der Waals surface area contributed by atoms with Gasteiger partial charge in [0.15, 0.2) is 5.96 Å². The number of carbonyl (C=O) groups excluding carboxylic acids is 1. The van der Waals surface area contributed by atoms with Crippen molar-refractivity contribution < 1.29 is 9.53 Å². The van der Waals surface area contributed by atoms with Crippen LogP contribution in [0, 0.1) is 0 Å². The number of nitrogens with one attached hydrogen (secondary N) is 3. The van der Waals surface area contributed by atoms with Crippen molar-refractivity contribution >= 4 is 35.8 Å². The quantitative estimate of drug-likeness (QED) is 0.222. The molecular formula is C16H33IN4O2. The zero-order valence-electron chi connectivity index (χ0n) is 14.5. The van der Waals surface area contributed by atoms with Crippen LogP contribution in [0.4, 0.5) is 0 Å². The van der Waals surface area contributed by atoms with Gasteiger partial charge in [0.25, 0.3) is 0 Å². The number of ether oxygens (including phenoxy) is 1. The van der Waals surface area contributed by atoms with Gasteiger partial charge in [0, 0.05) is 45.8 Å². The summed E-state index contributed by atoms with van der Waals surface area (Å²) in [6.45, 7) is 4.88. The van der Waals surface area contributed by atoms with E-state index in [1.54, 1.807) is 7.11 Å². The van der Waals surface area contributed by atoms with E-state index < -0.39 is 0 Å². The van der Waals surface area contributed by atoms with Crippen molar-refractivity contribution in [3.8, 4) is 0 Å². The van der Waals surface area contributed by atoms with Crippen LogP contribution >= 0.6 is 24.0 Å². The van der Waals surface area contributed by atoms with E-state index in [1.807, 2.05) is 6.92 Å². The average molecular weight is 440 g/mol. The minimum atomic E-state index is 0. The molecule has 1 amide bonds. The molecule has 0 aliphatic heterocycles. The molecule has 0 aromatic carbocycles. The molecular weight excluding hydrogens is 407 g/mol. The highest BCUT2D eigenvalue weighted by atomic mass is 127. The van der Waals surface area contributed by atoms with E-state index in [1.165, 1.54) is 19.3 Å². The Kier molecular flexibility index (Phi) is 14.6. The van der Waals surface area contributed by atoms with Crippen LogP contribution in [-0.2, 0) is 9.53 Å². The van der Waals surface area contributed by atoms with E-state index in [9.17, 15) is 4.79 Å². The van der Waals surface area contributed by atoms with Crippen LogP contribution in [0.1, 0.15) is 51.9 Å². The maximum absolute atomic E-state index is 11.9. The van der Waals surface area contributed by atoms with Crippen molar-refractivity contribution in [2.45, 2.75) is 57.9 Å². The third-order valence-corrected chi connectivity index (χ3v) is 3.74. The normalized spacial score (nSPS) is 15.7. The topological polar surface area (TPSA) is 74.8 Å². The van der Waals surface area contributed by atoms with Crippen molar-refractivity contribution in [1.82, 2.24) is 16.0 Å². The molecule has 136 valence electrons. The molecule has 0 aromatic heterocycles. The van der Waals surface area contributed by atoms with Crippen molar-refractivity contribution in [3.63, 3.8) is 0 Å². The van der Waals surface area contributed by atoms with E-state index in [0.717, 1.165) is 38.3 Å². The molecule has 1 aliphatic rings. The van der Waals surface area contributed by atoms with Gasteiger partial charge in [-0.1, -0.05) is 19.3 Å². The predicted octanol–water partition coefficient (Wildman–Crippen LogP) is 2.03. The summed E-state index contributed by atoms with van der Waals surface area (Å²) in [7, 11) is 1.69. The maximum Gasteiger partial charge on any atom is 0.221 e. The van der Waals surface area contributed by atoms with E-state index in [2.05, 4.69) is 20.9 Å². The minimum absolute atomic E-state index is 0. The lowest BCUT2D eigenvalue weighted by Gasteiger charge is -2.22. The molecule has 0 spiro atoms. The Morgan fingerprint density at radius 2 is 1.96 bits per heavy atom. The first-order chi connectivity index (χ1) is 10.8. The number of halogens is 1. The van der Waals surface area contributed by atoms with Gasteiger partial charge < -0.3 is 20.7 Å². The first kappa shape index (κ1) is 22.4. The first-order valence-corrected chi connectivity index (χ1v) is 8.56. The van der Waals surface area contributed by atoms with E-state index >= 15 is 0 Å². The molecule has 0 saturated heterocycles. The molecule has 1 fully saturated rings. The molecule has 3 N–H and O–H groups in total. The van der Waals surface area contributed by atoms with Crippen LogP contribution in [0.3, 0.4) is 0 Å². The lowest BCUT2D eigenvalue weighted by molar-refractivity contribution is -0.121. The summed E-state index contributed by atoms with van der Waals surface area (Å²) in [5, 5.41) is 9.51. The SMILES string of the molecule is CCNC(=NCCCOC)NCCC(=O)NC1CCCCC1.I. The van der Waals surface area contributed by atoms with Gasteiger partial charge in [0.2, 0.25) is 5.91 Å². The first-order valence-electron chi connectivity index (χ1n) is 8.56. The van der Waals surface area contributed by atoms with Gasteiger partial charge >= 0.3 is 0 Å². The van der Waals surface area contributed by atoms with Gasteiger partial charge in [-0.05, 0) is 26.2 Å². The van der Waals surface area contributed by atoms with Crippen LogP contribution < -0.4 is 16.0 Å². The van der Waals surface area contributed by atoms with Gasteiger partial charge in [-0.25, -0.2) is 0 Å². The fourth-order valence-electron chi connectivity index (χ4n) is 2.58. The van der Waals surface area contributed by atoms with Crippen LogP contribution in [0.25, 0.3) is 0 Å². The van der Waals surface area contributed by atoms with Crippen molar-refractivity contribution in [2.24, 2.45) is 4.99 Å². The zero-order valence-corrected chi connectivity index (χ0v) is 16.9. The summed E-state index contributed by atoms with van der Waals surface area (Å²) < 4.78 is 5.01. The molecule has 1 aliphatic carbocycles. The number of amides is 1. The Morgan fingerprint density at radius 3 is 2.61 bits per heavy atom. The number of aliphatic imine (C=N–C) groups is 1. The molecule has 6 nitrogen and oxygen atoms in total. The molecule has 0 aromatic rings. The lowest BCUT2D eigenvalue weighted by Crippen LogP contribution is -2.41. The maximum atomic E-state index is 11.9. The van der Waals surface area contributed by atoms with E-state index in [0.29, 0.717) is 25.6 Å². The van der Waals surface area contributed by atoms with Gasteiger partial charge in [0.05, 0.1) is 0 Å². The van der Waals surface area contributed by atoms with E-state index in [-0.39, 0.29) is 29.9 Å². The molecule has 1 rings (SSSR count). The van der Waals surface area contributed by atoms with Crippen LogP contribution in [-0.4, -0.2) is 51.3 Å². The molecule has 0 unspecified atom stereocenters. The number of carbonyl (C=O) groups is 1. The predicted molar refractivity (Wildman–Crippen MR) is 106 cm³/mol. The Morgan fingerprint density at radius 1 is 1.22 bits per heavy atom. The Hall–Kier alpha value is -0.570. The average Bonchev–Trinajstić information content (AvgIpc) is 2.52. The largest absolute Gasteiger partial charge is 0.385 e. The summed E-state index contributed by atoms with van der Waals surface area (Å²) >= 11 is 0. The molecule has 1 saturated carbocycles. The van der Waals surface area contributed by atoms with Crippen LogP contribution in [0.2, 0.25) is 0 Å². The lowest BCUT2D eigenvalue weighted by atomic mass is 9.95. The van der Waals surface area contributed by atoms with Gasteiger partial charge in [-0.15, -0.1) is 24.0 Å². The second-order valence-electron chi connectivity index (χ2n) is 5.69. The van der Waals surface area contributed by atoms with Crippen LogP contribution in [0.5, 0.6) is 0 Å². The fraction of sp³-hybridized carbons (Fsp3) is 0.875. The highest BCUT2D eigenvalue weighted by Crippen LogP contribution is 2.17. The molecule has 23 heavy (non-hydrogen) atoms. The van der Waals surface area contributed by atoms with Crippen molar-refractivity contribution in [1.29, 1.82) is 0 Å². The zero-order chi connectivity index (χ0) is 16.0. The Labute approximate surface area is 157 Å². The second-order valence-corrected chi connectivity index (χ2v) is 5.69. The van der Waals surface area contributed by atoms with Gasteiger partial charge in [-0.3, -0.25) is 9.79 Å². The third-order valence-electron chi connectivity index (χ3n) is 3.74. The summed E-state index contributed by atoms with van der Waals surface area (Å²) in [6.07, 6.45) is 7.42. The van der Waals surface area contributed by atoms with Crippen molar-refractivity contribution in [3.05, 3.63) is 0 Å². The van der Waals surface area contributed by atoms with Crippen molar-refractivity contribution in [2.75, 3.05) is 33.4 Å². The summed E-state index contributed by atoms with van der Waals surface area (Å²) in [4.78, 5) is 16.4. The van der Waals surface area contributed by atoms with Gasteiger partial charge in [-0.2, -0.15) is 0 Å². The number of methoxy groups -OCH3 is 1. The fourth-order valence-corrected chi connectivity index (χ4v) is 2.58. The third kappa shape index (κ3) is 11.6. The highest BCUT2D eigenvalue weighted by Gasteiger charge is 2.15. The van der Waals surface area contributed by atoms with E-state index in [4.69, 9.17) is 4.74 Å². The minimum Gasteiger partial charge on any atom is -0.385 e. The molecule has 0 atom stereocenters. The number of nitrogens with zero attached hydrogens (tertiary/aromatic N) is 1. The second kappa shape index (κ2) is 15.0. The number of hydrogen-bond acceptors (Lipinski definition) is 3. The molecule has 0 bridgehead atoms. The highest BCUT2D eigenvalue weighted by molar-refractivity contribution is 14.0. The standard InChI is InChI=1S/C16H32N4O2.HI/c1-3-17-16(18-11-7-13-22-2)19-12-10-15(21)20-14-8-5-4-6-9-14;/h14H,3-13H2,1-2H3,(H,20,21)(H2,17,18,19);1H. The monoisotopic (exact) mass is 440 g/mol. The summed E-state index contributed by atoms with van der Waals surface area (Å²) in [5.41, 5.74) is 0. The number of hydrogen-bond donors (Lipinski definition) is 3. The number of rotatable bonds is 9. The Bertz CT molecular complexity index is 334. The molecule has 0 heterocycles. The molecule has 0 radical (unpaired) electrons.